The van der Waals surface area contributed by atoms with Crippen LogP contribution in [0.5, 0.6) is 0 Å². The Morgan fingerprint density at radius 1 is 1.38 bits per heavy atom. The van der Waals surface area contributed by atoms with Crippen molar-refractivity contribution in [2.45, 2.75) is 32.7 Å². The highest BCUT2D eigenvalue weighted by Crippen LogP contribution is 2.21. The maximum atomic E-state index is 12.6. The molecule has 0 saturated carbocycles. The molecule has 6 nitrogen and oxygen atoms in total. The number of ether oxygens (including phenoxy) is 1. The molecular weight excluding hydrogens is 306 g/mol. The monoisotopic (exact) mass is 333 g/mol. The van der Waals surface area contributed by atoms with Gasteiger partial charge in [0, 0.05) is 31.5 Å². The van der Waals surface area contributed by atoms with Gasteiger partial charge in [-0.2, -0.15) is 0 Å². The summed E-state index contributed by atoms with van der Waals surface area (Å²) < 4.78 is 4.88. The lowest BCUT2D eigenvalue weighted by Gasteiger charge is -2.30. The molecule has 0 bridgehead atoms. The van der Waals surface area contributed by atoms with Gasteiger partial charge in [-0.15, -0.1) is 0 Å². The highest BCUT2D eigenvalue weighted by molar-refractivity contribution is 5.98. The number of aryl methyl sites for hydroxylation is 1. The fourth-order valence-corrected chi connectivity index (χ4v) is 2.81. The van der Waals surface area contributed by atoms with E-state index in [2.05, 4.69) is 12.2 Å². The summed E-state index contributed by atoms with van der Waals surface area (Å²) in [6.07, 6.45) is 2.10. The fourth-order valence-electron chi connectivity index (χ4n) is 2.81. The molecule has 132 valence electrons. The quantitative estimate of drug-likeness (QED) is 0.860. The van der Waals surface area contributed by atoms with Crippen LogP contribution in [-0.4, -0.2) is 49.6 Å². The van der Waals surface area contributed by atoms with Gasteiger partial charge in [0.1, 0.15) is 6.04 Å². The second-order valence-corrected chi connectivity index (χ2v) is 6.56. The predicted octanol–water partition coefficient (Wildman–Crippen LogP) is 1.78. The third kappa shape index (κ3) is 4.55. The van der Waals surface area contributed by atoms with E-state index in [0.29, 0.717) is 17.2 Å². The van der Waals surface area contributed by atoms with Gasteiger partial charge in [-0.1, -0.05) is 6.92 Å². The topological polar surface area (TPSA) is 84.7 Å². The number of benzene rings is 1. The lowest BCUT2D eigenvalue weighted by Crippen LogP contribution is -2.39. The van der Waals surface area contributed by atoms with E-state index >= 15 is 0 Å². The second kappa shape index (κ2) is 8.26. The van der Waals surface area contributed by atoms with E-state index in [9.17, 15) is 9.59 Å². The largest absolute Gasteiger partial charge is 0.383 e. The molecule has 1 heterocycles. The second-order valence-electron chi connectivity index (χ2n) is 6.56. The van der Waals surface area contributed by atoms with Crippen molar-refractivity contribution in [2.75, 3.05) is 32.1 Å². The van der Waals surface area contributed by atoms with E-state index in [4.69, 9.17) is 10.5 Å². The molecule has 1 aromatic rings. The Morgan fingerprint density at radius 2 is 2.04 bits per heavy atom. The zero-order valence-electron chi connectivity index (χ0n) is 14.7. The van der Waals surface area contributed by atoms with Crippen LogP contribution in [-0.2, 0) is 9.53 Å². The van der Waals surface area contributed by atoms with Crippen molar-refractivity contribution >= 4 is 17.5 Å². The molecule has 0 aromatic heterocycles. The normalized spacial score (nSPS) is 16.8. The summed E-state index contributed by atoms with van der Waals surface area (Å²) in [6.45, 7) is 5.87. The smallest absolute Gasteiger partial charge is 0.253 e. The molecule has 1 unspecified atom stereocenters. The van der Waals surface area contributed by atoms with Crippen molar-refractivity contribution in [3.8, 4) is 0 Å². The number of nitrogens with zero attached hydrogens (tertiary/aromatic N) is 1. The number of piperidine rings is 1. The van der Waals surface area contributed by atoms with Gasteiger partial charge in [0.15, 0.2) is 0 Å². The zero-order valence-corrected chi connectivity index (χ0v) is 14.7. The number of carbonyl (C=O) groups is 2. The molecule has 2 amide bonds. The Bertz CT molecular complexity index is 595. The van der Waals surface area contributed by atoms with E-state index in [1.807, 2.05) is 17.9 Å². The predicted molar refractivity (Wildman–Crippen MR) is 94.0 cm³/mol. The zero-order chi connectivity index (χ0) is 17.7. The van der Waals surface area contributed by atoms with Gasteiger partial charge in [-0.25, -0.2) is 0 Å². The molecule has 2 rings (SSSR count). The number of rotatable bonds is 5. The van der Waals surface area contributed by atoms with Gasteiger partial charge in [0.25, 0.3) is 5.91 Å². The van der Waals surface area contributed by atoms with Crippen molar-refractivity contribution in [2.24, 2.45) is 11.7 Å². The van der Waals surface area contributed by atoms with Crippen molar-refractivity contribution in [3.05, 3.63) is 29.3 Å². The van der Waals surface area contributed by atoms with Crippen LogP contribution in [0, 0.1) is 12.8 Å². The Labute approximate surface area is 143 Å². The summed E-state index contributed by atoms with van der Waals surface area (Å²) in [6, 6.07) is 4.61. The van der Waals surface area contributed by atoms with Crippen LogP contribution in [0.1, 0.15) is 35.7 Å². The molecule has 1 aromatic carbocycles. The summed E-state index contributed by atoms with van der Waals surface area (Å²) in [5.41, 5.74) is 7.87. The lowest BCUT2D eigenvalue weighted by atomic mass is 9.98. The molecule has 1 aliphatic rings. The lowest BCUT2D eigenvalue weighted by molar-refractivity contribution is -0.118. The minimum atomic E-state index is -0.717. The van der Waals surface area contributed by atoms with E-state index in [-0.39, 0.29) is 18.4 Å². The maximum absolute atomic E-state index is 12.6. The Kier molecular flexibility index (Phi) is 6.34. The first-order chi connectivity index (χ1) is 11.4. The van der Waals surface area contributed by atoms with E-state index in [0.717, 1.165) is 31.5 Å². The number of nitrogens with two attached hydrogens (primary N) is 1. The first-order valence-electron chi connectivity index (χ1n) is 8.37. The number of hydrogen-bond donors (Lipinski definition) is 2. The molecule has 1 saturated heterocycles. The SMILES string of the molecule is COCC(N)C(=O)Nc1ccc(C(=O)N2CCC(C)CC2)cc1C. The molecule has 24 heavy (non-hydrogen) atoms. The molecule has 6 heteroatoms. The fraction of sp³-hybridized carbons (Fsp3) is 0.556. The molecule has 0 aliphatic carbocycles. The van der Waals surface area contributed by atoms with Gasteiger partial charge in [0.2, 0.25) is 5.91 Å². The van der Waals surface area contributed by atoms with Gasteiger partial charge >= 0.3 is 0 Å². The Hall–Kier alpha value is -1.92. The Morgan fingerprint density at radius 3 is 2.62 bits per heavy atom. The standard InChI is InChI=1S/C18H27N3O3/c1-12-6-8-21(9-7-12)18(23)14-4-5-16(13(2)10-14)20-17(22)15(19)11-24-3/h4-5,10,12,15H,6-9,11,19H2,1-3H3,(H,20,22). The first kappa shape index (κ1) is 18.4. The molecule has 0 radical (unpaired) electrons. The Balaban J connectivity index is 2.03. The third-order valence-corrected chi connectivity index (χ3v) is 4.49. The summed E-state index contributed by atoms with van der Waals surface area (Å²) >= 11 is 0. The summed E-state index contributed by atoms with van der Waals surface area (Å²) in [4.78, 5) is 26.5. The van der Waals surface area contributed by atoms with Gasteiger partial charge in [-0.05, 0) is 49.4 Å². The number of anilines is 1. The highest BCUT2D eigenvalue weighted by atomic mass is 16.5. The van der Waals surface area contributed by atoms with Gasteiger partial charge in [0.05, 0.1) is 6.61 Å². The number of carbonyl (C=O) groups excluding carboxylic acids is 2. The van der Waals surface area contributed by atoms with Crippen molar-refractivity contribution in [1.82, 2.24) is 4.90 Å². The number of likely N-dealkylation sites (tertiary alicyclic amines) is 1. The van der Waals surface area contributed by atoms with Crippen LogP contribution in [0.15, 0.2) is 18.2 Å². The van der Waals surface area contributed by atoms with Crippen molar-refractivity contribution in [1.29, 1.82) is 0 Å². The van der Waals surface area contributed by atoms with Crippen LogP contribution in [0.3, 0.4) is 0 Å². The van der Waals surface area contributed by atoms with Crippen LogP contribution < -0.4 is 11.1 Å². The molecular formula is C18H27N3O3. The van der Waals surface area contributed by atoms with Crippen molar-refractivity contribution in [3.63, 3.8) is 0 Å². The summed E-state index contributed by atoms with van der Waals surface area (Å²) in [5.74, 6) is 0.438. The van der Waals surface area contributed by atoms with E-state index in [1.165, 1.54) is 7.11 Å². The van der Waals surface area contributed by atoms with Crippen LogP contribution in [0.25, 0.3) is 0 Å². The minimum absolute atomic E-state index is 0.0546. The van der Waals surface area contributed by atoms with E-state index in [1.54, 1.807) is 12.1 Å². The van der Waals surface area contributed by atoms with E-state index < -0.39 is 6.04 Å². The van der Waals surface area contributed by atoms with Crippen LogP contribution in [0.4, 0.5) is 5.69 Å². The van der Waals surface area contributed by atoms with Gasteiger partial charge in [-0.3, -0.25) is 9.59 Å². The first-order valence-corrected chi connectivity index (χ1v) is 8.37. The summed E-state index contributed by atoms with van der Waals surface area (Å²) in [7, 11) is 1.50. The number of hydrogen-bond acceptors (Lipinski definition) is 4. The average molecular weight is 333 g/mol. The average Bonchev–Trinajstić information content (AvgIpc) is 2.57. The molecule has 1 atom stereocenters. The third-order valence-electron chi connectivity index (χ3n) is 4.49. The highest BCUT2D eigenvalue weighted by Gasteiger charge is 2.22. The number of methoxy groups -OCH3 is 1. The number of amides is 2. The molecule has 1 aliphatic heterocycles. The van der Waals surface area contributed by atoms with Crippen LogP contribution in [0.2, 0.25) is 0 Å². The minimum Gasteiger partial charge on any atom is -0.383 e. The number of nitrogens with one attached hydrogen (secondary N) is 1. The van der Waals surface area contributed by atoms with Crippen LogP contribution >= 0.6 is 0 Å². The molecule has 1 fully saturated rings. The maximum Gasteiger partial charge on any atom is 0.253 e. The molecule has 0 spiro atoms. The van der Waals surface area contributed by atoms with Gasteiger partial charge < -0.3 is 20.7 Å². The molecule has 3 N–H and O–H groups in total. The summed E-state index contributed by atoms with van der Waals surface area (Å²) in [5, 5.41) is 2.78. The van der Waals surface area contributed by atoms with Crippen molar-refractivity contribution < 1.29 is 14.3 Å².